The molecule has 1 saturated heterocycles. The van der Waals surface area contributed by atoms with Gasteiger partial charge in [0.2, 0.25) is 0 Å². The van der Waals surface area contributed by atoms with Crippen molar-refractivity contribution in [2.45, 2.75) is 12.8 Å². The predicted octanol–water partition coefficient (Wildman–Crippen LogP) is 1.35. The van der Waals surface area contributed by atoms with Crippen LogP contribution in [-0.4, -0.2) is 31.0 Å². The van der Waals surface area contributed by atoms with E-state index in [9.17, 15) is 4.79 Å². The summed E-state index contributed by atoms with van der Waals surface area (Å²) in [6.45, 7) is 0.719. The summed E-state index contributed by atoms with van der Waals surface area (Å²) in [6, 6.07) is 0. The number of ether oxygens (including phenoxy) is 1. The number of carbonyl (C=O) groups is 1. The highest BCUT2D eigenvalue weighted by molar-refractivity contribution is 7.99. The number of ketones is 1. The van der Waals surface area contributed by atoms with E-state index < -0.39 is 0 Å². The minimum Gasteiger partial charge on any atom is -0.385 e. The maximum absolute atomic E-state index is 11.2. The number of carbonyl (C=O) groups excluding carboxylic acids is 1. The Kier molecular flexibility index (Phi) is 3.94. The molecule has 1 aliphatic heterocycles. The van der Waals surface area contributed by atoms with Crippen molar-refractivity contribution in [3.63, 3.8) is 0 Å². The third-order valence-electron chi connectivity index (χ3n) is 1.94. The molecule has 1 atom stereocenters. The molecule has 0 saturated carbocycles. The fraction of sp³-hybridized carbons (Fsp3) is 0.875. The Hall–Kier alpha value is -0.0200. The topological polar surface area (TPSA) is 26.3 Å². The molecular formula is C8H14O2S. The van der Waals surface area contributed by atoms with Crippen molar-refractivity contribution in [3.8, 4) is 0 Å². The summed E-state index contributed by atoms with van der Waals surface area (Å²) in [5.41, 5.74) is 0. The van der Waals surface area contributed by atoms with Crippen LogP contribution in [0.2, 0.25) is 0 Å². The molecule has 0 radical (unpaired) electrons. The normalized spacial score (nSPS) is 25.5. The lowest BCUT2D eigenvalue weighted by Gasteiger charge is -2.19. The Balaban J connectivity index is 2.24. The number of methoxy groups -OCH3 is 1. The first-order chi connectivity index (χ1) is 5.34. The highest BCUT2D eigenvalue weighted by atomic mass is 32.2. The number of hydrogen-bond acceptors (Lipinski definition) is 3. The average molecular weight is 174 g/mol. The van der Waals surface area contributed by atoms with Gasteiger partial charge >= 0.3 is 0 Å². The number of thioether (sulfide) groups is 1. The zero-order valence-corrected chi connectivity index (χ0v) is 7.65. The van der Waals surface area contributed by atoms with Crippen molar-refractivity contribution in [1.82, 2.24) is 0 Å². The summed E-state index contributed by atoms with van der Waals surface area (Å²) in [5, 5.41) is 0. The molecule has 1 fully saturated rings. The van der Waals surface area contributed by atoms with E-state index >= 15 is 0 Å². The second-order valence-electron chi connectivity index (χ2n) is 2.77. The molecule has 0 aromatic heterocycles. The summed E-state index contributed by atoms with van der Waals surface area (Å²) in [4.78, 5) is 11.2. The lowest BCUT2D eigenvalue weighted by molar-refractivity contribution is -0.122. The van der Waals surface area contributed by atoms with Crippen molar-refractivity contribution in [2.75, 3.05) is 25.2 Å². The highest BCUT2D eigenvalue weighted by Gasteiger charge is 2.21. The van der Waals surface area contributed by atoms with E-state index in [1.807, 2.05) is 11.8 Å². The van der Waals surface area contributed by atoms with E-state index in [1.54, 1.807) is 7.11 Å². The van der Waals surface area contributed by atoms with E-state index in [-0.39, 0.29) is 5.92 Å². The first-order valence-corrected chi connectivity index (χ1v) is 5.09. The Labute approximate surface area is 71.7 Å². The summed E-state index contributed by atoms with van der Waals surface area (Å²) in [7, 11) is 1.68. The van der Waals surface area contributed by atoms with Gasteiger partial charge < -0.3 is 4.74 Å². The van der Waals surface area contributed by atoms with Crippen molar-refractivity contribution in [2.24, 2.45) is 5.92 Å². The van der Waals surface area contributed by atoms with Crippen LogP contribution in [0.4, 0.5) is 0 Å². The number of hydrogen-bond donors (Lipinski definition) is 0. The van der Waals surface area contributed by atoms with E-state index in [0.29, 0.717) is 5.78 Å². The zero-order valence-electron chi connectivity index (χ0n) is 6.84. The second kappa shape index (κ2) is 4.78. The quantitative estimate of drug-likeness (QED) is 0.646. The van der Waals surface area contributed by atoms with Gasteiger partial charge in [-0.05, 0) is 6.42 Å². The fourth-order valence-electron chi connectivity index (χ4n) is 1.20. The van der Waals surface area contributed by atoms with Crippen LogP contribution in [-0.2, 0) is 9.53 Å². The Bertz CT molecular complexity index is 136. The fourth-order valence-corrected chi connectivity index (χ4v) is 2.35. The first kappa shape index (κ1) is 9.07. The summed E-state index contributed by atoms with van der Waals surface area (Å²) in [5.74, 6) is 2.72. The number of rotatable bonds is 3. The molecule has 3 heteroatoms. The van der Waals surface area contributed by atoms with Gasteiger partial charge in [-0.25, -0.2) is 0 Å². The molecule has 0 N–H and O–H groups in total. The van der Waals surface area contributed by atoms with Crippen LogP contribution in [0.25, 0.3) is 0 Å². The van der Waals surface area contributed by atoms with Crippen molar-refractivity contribution in [1.29, 1.82) is 0 Å². The molecule has 0 bridgehead atoms. The van der Waals surface area contributed by atoms with Gasteiger partial charge in [-0.3, -0.25) is 4.79 Å². The third-order valence-corrected chi connectivity index (χ3v) is 3.07. The standard InChI is InChI=1S/C8H14O2S/c1-10-4-2-7-6-11-5-3-8(7)9/h7H,2-6H2,1H3. The molecule has 2 nitrogen and oxygen atoms in total. The van der Waals surface area contributed by atoms with Crippen LogP contribution in [0, 0.1) is 5.92 Å². The third kappa shape index (κ3) is 2.83. The largest absolute Gasteiger partial charge is 0.385 e. The molecular weight excluding hydrogens is 160 g/mol. The van der Waals surface area contributed by atoms with Crippen molar-refractivity contribution >= 4 is 17.5 Å². The lowest BCUT2D eigenvalue weighted by Crippen LogP contribution is -2.23. The molecule has 0 spiro atoms. The Morgan fingerprint density at radius 1 is 1.73 bits per heavy atom. The minimum absolute atomic E-state index is 0.272. The molecule has 0 aromatic rings. The first-order valence-electron chi connectivity index (χ1n) is 3.94. The molecule has 64 valence electrons. The van der Waals surface area contributed by atoms with E-state index in [0.717, 1.165) is 31.0 Å². The van der Waals surface area contributed by atoms with Gasteiger partial charge in [-0.2, -0.15) is 11.8 Å². The van der Waals surface area contributed by atoms with Gasteiger partial charge in [-0.15, -0.1) is 0 Å². The van der Waals surface area contributed by atoms with Crippen LogP contribution in [0.15, 0.2) is 0 Å². The van der Waals surface area contributed by atoms with Gasteiger partial charge in [0.1, 0.15) is 5.78 Å². The average Bonchev–Trinajstić information content (AvgIpc) is 2.03. The van der Waals surface area contributed by atoms with Crippen LogP contribution >= 0.6 is 11.8 Å². The molecule has 1 rings (SSSR count). The van der Waals surface area contributed by atoms with Crippen molar-refractivity contribution in [3.05, 3.63) is 0 Å². The zero-order chi connectivity index (χ0) is 8.10. The van der Waals surface area contributed by atoms with Gasteiger partial charge in [0.15, 0.2) is 0 Å². The SMILES string of the molecule is COCCC1CSCCC1=O. The Morgan fingerprint density at radius 3 is 3.18 bits per heavy atom. The van der Waals surface area contributed by atoms with Gasteiger partial charge in [0.25, 0.3) is 0 Å². The molecule has 0 aromatic carbocycles. The summed E-state index contributed by atoms with van der Waals surface area (Å²) in [6.07, 6.45) is 1.67. The van der Waals surface area contributed by atoms with Crippen LogP contribution in [0.1, 0.15) is 12.8 Å². The smallest absolute Gasteiger partial charge is 0.137 e. The Morgan fingerprint density at radius 2 is 2.55 bits per heavy atom. The molecule has 0 aliphatic carbocycles. The van der Waals surface area contributed by atoms with E-state index in [1.165, 1.54) is 0 Å². The van der Waals surface area contributed by atoms with Gasteiger partial charge in [-0.1, -0.05) is 0 Å². The van der Waals surface area contributed by atoms with Crippen LogP contribution in [0.5, 0.6) is 0 Å². The monoisotopic (exact) mass is 174 g/mol. The predicted molar refractivity (Wildman–Crippen MR) is 46.9 cm³/mol. The molecule has 1 unspecified atom stereocenters. The van der Waals surface area contributed by atoms with Crippen molar-refractivity contribution < 1.29 is 9.53 Å². The van der Waals surface area contributed by atoms with E-state index in [4.69, 9.17) is 4.74 Å². The summed E-state index contributed by atoms with van der Waals surface area (Å²) < 4.78 is 4.93. The van der Waals surface area contributed by atoms with Crippen LogP contribution in [0.3, 0.4) is 0 Å². The maximum atomic E-state index is 11.2. The van der Waals surface area contributed by atoms with Gasteiger partial charge in [0, 0.05) is 37.6 Å². The summed E-state index contributed by atoms with van der Waals surface area (Å²) >= 11 is 1.88. The lowest BCUT2D eigenvalue weighted by atomic mass is 10.0. The molecule has 11 heavy (non-hydrogen) atoms. The minimum atomic E-state index is 0.272. The molecule has 1 aliphatic rings. The van der Waals surface area contributed by atoms with Gasteiger partial charge in [0.05, 0.1) is 0 Å². The second-order valence-corrected chi connectivity index (χ2v) is 3.92. The highest BCUT2D eigenvalue weighted by Crippen LogP contribution is 2.21. The number of Topliss-reactive ketones (excluding diaryl/α,β-unsaturated/α-hetero) is 1. The van der Waals surface area contributed by atoms with Crippen LogP contribution < -0.4 is 0 Å². The molecule has 0 amide bonds. The maximum Gasteiger partial charge on any atom is 0.137 e. The van der Waals surface area contributed by atoms with E-state index in [2.05, 4.69) is 0 Å². The molecule has 1 heterocycles.